The molecule has 0 saturated carbocycles. The van der Waals surface area contributed by atoms with Gasteiger partial charge in [-0.25, -0.2) is 4.79 Å². The van der Waals surface area contributed by atoms with Crippen LogP contribution in [0.5, 0.6) is 5.75 Å². The first-order valence-electron chi connectivity index (χ1n) is 24.5. The van der Waals surface area contributed by atoms with Gasteiger partial charge in [0.2, 0.25) is 17.7 Å². The third-order valence-electron chi connectivity index (χ3n) is 13.1. The minimum absolute atomic E-state index is 0.138. The number of nitrogens with one attached hydrogen (secondary N) is 6. The van der Waals surface area contributed by atoms with E-state index in [0.717, 1.165) is 53.6 Å². The number of fused-ring (bicyclic) bond motifs is 4. The molecule has 0 unspecified atom stereocenters. The zero-order chi connectivity index (χ0) is 50.7. The number of hydrogen-bond acceptors (Lipinski definition) is 11. The molecule has 19 heteroatoms. The number of benzene rings is 4. The third kappa shape index (κ3) is 12.3. The van der Waals surface area contributed by atoms with Crippen molar-refractivity contribution in [3.63, 3.8) is 0 Å². The first kappa shape index (κ1) is 50.5. The summed E-state index contributed by atoms with van der Waals surface area (Å²) >= 11 is 0. The fourth-order valence-corrected chi connectivity index (χ4v) is 9.06. The molecule has 3 aliphatic rings. The molecule has 1 atom stereocenters. The van der Waals surface area contributed by atoms with Gasteiger partial charge in [-0.2, -0.15) is 0 Å². The van der Waals surface area contributed by atoms with Crippen LogP contribution in [0.25, 0.3) is 21.7 Å². The normalized spacial score (nSPS) is 14.9. The lowest BCUT2D eigenvalue weighted by Crippen LogP contribution is -2.48. The number of carbonyl (C=O) groups excluding carboxylic acids is 8. The number of unbranched alkanes of at least 4 members (excludes halogenated alkanes) is 2. The highest BCUT2D eigenvalue weighted by atomic mass is 16.6. The number of anilines is 3. The van der Waals surface area contributed by atoms with E-state index in [1.165, 1.54) is 12.2 Å². The van der Waals surface area contributed by atoms with Crippen molar-refractivity contribution in [1.29, 1.82) is 0 Å². The van der Waals surface area contributed by atoms with Gasteiger partial charge in [0.05, 0.1) is 18.3 Å². The number of nitrogens with zero attached hydrogens (tertiary/aromatic N) is 4. The summed E-state index contributed by atoms with van der Waals surface area (Å²) in [6.45, 7) is 5.62. The minimum atomic E-state index is -0.585. The van der Waals surface area contributed by atoms with E-state index >= 15 is 0 Å². The van der Waals surface area contributed by atoms with Crippen LogP contribution in [-0.2, 0) is 30.4 Å². The number of aromatic amines is 1. The van der Waals surface area contributed by atoms with Crippen LogP contribution in [0.4, 0.5) is 21.9 Å². The number of ether oxygens (including phenoxy) is 1. The molecule has 0 aliphatic carbocycles. The number of imide groups is 1. The molecular formula is C53H60N10O9. The Morgan fingerprint density at radius 1 is 0.750 bits per heavy atom. The van der Waals surface area contributed by atoms with E-state index < -0.39 is 18.0 Å². The largest absolute Gasteiger partial charge is 0.415 e. The van der Waals surface area contributed by atoms with Gasteiger partial charge < -0.3 is 51.0 Å². The maximum absolute atomic E-state index is 14.2. The number of amides is 8. The van der Waals surface area contributed by atoms with Crippen molar-refractivity contribution in [2.75, 3.05) is 81.5 Å². The zero-order valence-corrected chi connectivity index (χ0v) is 40.5. The Morgan fingerprint density at radius 2 is 1.49 bits per heavy atom. The molecular weight excluding hydrogens is 921 g/mol. The lowest BCUT2D eigenvalue weighted by molar-refractivity contribution is -0.137. The fourth-order valence-electron chi connectivity index (χ4n) is 9.06. The van der Waals surface area contributed by atoms with Crippen LogP contribution in [0.2, 0.25) is 0 Å². The summed E-state index contributed by atoms with van der Waals surface area (Å²) in [7, 11) is 2.02. The predicted molar refractivity (Wildman–Crippen MR) is 273 cm³/mol. The van der Waals surface area contributed by atoms with Gasteiger partial charge >= 0.3 is 6.09 Å². The van der Waals surface area contributed by atoms with E-state index in [1.54, 1.807) is 64.4 Å². The lowest BCUT2D eigenvalue weighted by atomic mass is 10.0. The second-order valence-electron chi connectivity index (χ2n) is 18.2. The second kappa shape index (κ2) is 23.3. The van der Waals surface area contributed by atoms with Gasteiger partial charge in [0.1, 0.15) is 11.4 Å². The van der Waals surface area contributed by atoms with Gasteiger partial charge in [0.25, 0.3) is 23.6 Å². The van der Waals surface area contributed by atoms with Crippen molar-refractivity contribution in [2.45, 2.75) is 57.9 Å². The molecule has 8 amide bonds. The molecule has 5 aromatic rings. The van der Waals surface area contributed by atoms with Gasteiger partial charge in [-0.15, -0.1) is 0 Å². The summed E-state index contributed by atoms with van der Waals surface area (Å²) in [5, 5.41) is 16.7. The highest BCUT2D eigenvalue weighted by Gasteiger charge is 2.31. The van der Waals surface area contributed by atoms with Crippen molar-refractivity contribution in [3.8, 4) is 5.75 Å². The van der Waals surface area contributed by atoms with Crippen LogP contribution < -0.4 is 36.2 Å². The summed E-state index contributed by atoms with van der Waals surface area (Å²) < 4.78 is 6.01. The van der Waals surface area contributed by atoms with Crippen LogP contribution in [0, 0.1) is 0 Å². The molecule has 19 nitrogen and oxygen atoms in total. The number of rotatable bonds is 20. The molecule has 3 aliphatic heterocycles. The number of likely N-dealkylation sites (N-methyl/N-ethyl adjacent to an activating group) is 1. The third-order valence-corrected chi connectivity index (χ3v) is 13.1. The van der Waals surface area contributed by atoms with Gasteiger partial charge in [0.15, 0.2) is 0 Å². The monoisotopic (exact) mass is 980 g/mol. The number of carbonyl (C=O) groups is 8. The number of piperazine rings is 1. The number of hydrogen-bond donors (Lipinski definition) is 6. The molecule has 4 aromatic carbocycles. The Kier molecular flexibility index (Phi) is 16.4. The van der Waals surface area contributed by atoms with Gasteiger partial charge in [0, 0.05) is 110 Å². The molecule has 1 aromatic heterocycles. The van der Waals surface area contributed by atoms with Crippen molar-refractivity contribution in [1.82, 2.24) is 35.6 Å². The lowest BCUT2D eigenvalue weighted by Gasteiger charge is -2.31. The average molecular weight is 981 g/mol. The van der Waals surface area contributed by atoms with Gasteiger partial charge in [-0.05, 0) is 85.8 Å². The topological polar surface area (TPSA) is 235 Å². The van der Waals surface area contributed by atoms with Crippen LogP contribution >= 0.6 is 0 Å². The van der Waals surface area contributed by atoms with Crippen molar-refractivity contribution < 1.29 is 43.1 Å². The Morgan fingerprint density at radius 3 is 2.24 bits per heavy atom. The molecule has 8 rings (SSSR count). The Bertz CT molecular complexity index is 2890. The standard InChI is InChI=1S/C53H60N10O9/c1-3-4-5-11-42(54-22-23-55-46(64)12-8-24-63-48(66)19-20-49(63)67)51(69)56-33-47(65)57-36-15-13-34(14-16-36)50(68)58-37-17-18-41-35(30-37)31-43(59-41)52(70)62-25-21-39-38-9-6-7-10-40(38)45(32-44(39)62)72-53(71)61-28-26-60(2)27-29-61/h6-7,9-10,13-20,30-32,42,54,59H,3-5,8,11-12,21-29,33H2,1-2H3,(H,55,64)(H,56,69)(H,57,65)(H,58,68)/t42-/m0/s1. The van der Waals surface area contributed by atoms with Crippen molar-refractivity contribution >= 4 is 86.2 Å². The van der Waals surface area contributed by atoms with Crippen LogP contribution in [-0.4, -0.2) is 139 Å². The average Bonchev–Trinajstić information content (AvgIpc) is 4.10. The minimum Gasteiger partial charge on any atom is -0.409 e. The van der Waals surface area contributed by atoms with Crippen LogP contribution in [0.3, 0.4) is 0 Å². The highest BCUT2D eigenvalue weighted by Crippen LogP contribution is 2.41. The van der Waals surface area contributed by atoms with E-state index in [0.29, 0.717) is 90.4 Å². The summed E-state index contributed by atoms with van der Waals surface area (Å²) in [5.74, 6) is -2.04. The molecule has 4 heterocycles. The molecule has 0 bridgehead atoms. The maximum atomic E-state index is 14.2. The van der Waals surface area contributed by atoms with Crippen molar-refractivity contribution in [3.05, 3.63) is 108 Å². The second-order valence-corrected chi connectivity index (χ2v) is 18.2. The summed E-state index contributed by atoms with van der Waals surface area (Å²) in [4.78, 5) is 112. The van der Waals surface area contributed by atoms with E-state index in [-0.39, 0.29) is 61.5 Å². The van der Waals surface area contributed by atoms with Gasteiger partial charge in [-0.3, -0.25) is 38.5 Å². The van der Waals surface area contributed by atoms with E-state index in [9.17, 15) is 38.4 Å². The predicted octanol–water partition coefficient (Wildman–Crippen LogP) is 4.94. The quantitative estimate of drug-likeness (QED) is 0.0452. The Balaban J connectivity index is 0.808. The van der Waals surface area contributed by atoms with E-state index in [2.05, 4.69) is 43.4 Å². The van der Waals surface area contributed by atoms with Crippen LogP contribution in [0.15, 0.2) is 91.0 Å². The highest BCUT2D eigenvalue weighted by molar-refractivity contribution is 6.13. The molecule has 1 fully saturated rings. The SMILES string of the molecule is CCCCC[C@H](NCCNC(=O)CCCN1C(=O)C=CC1=O)C(=O)NCC(=O)Nc1ccc(C(=O)Nc2ccc3[nH]c(C(=O)N4CCc5c4cc(OC(=O)N4CCN(C)CC4)c4ccccc54)cc3c2)cc1. The van der Waals surface area contributed by atoms with Crippen LogP contribution in [0.1, 0.15) is 71.9 Å². The summed E-state index contributed by atoms with van der Waals surface area (Å²) in [5.41, 5.74) is 4.05. The summed E-state index contributed by atoms with van der Waals surface area (Å²) in [6.07, 6.45) is 6.32. The molecule has 376 valence electrons. The Labute approximate surface area is 416 Å². The number of H-pyrrole nitrogens is 1. The molecule has 6 N–H and O–H groups in total. The van der Waals surface area contributed by atoms with E-state index in [4.69, 9.17) is 4.74 Å². The summed E-state index contributed by atoms with van der Waals surface area (Å²) in [6, 6.07) is 22.4. The smallest absolute Gasteiger partial charge is 0.409 e. The number of aromatic nitrogens is 1. The molecule has 72 heavy (non-hydrogen) atoms. The first-order chi connectivity index (χ1) is 34.8. The molecule has 1 saturated heterocycles. The van der Waals surface area contributed by atoms with E-state index in [1.807, 2.05) is 31.3 Å². The maximum Gasteiger partial charge on any atom is 0.415 e. The first-order valence-corrected chi connectivity index (χ1v) is 24.5. The van der Waals surface area contributed by atoms with Gasteiger partial charge in [-0.1, -0.05) is 50.5 Å². The molecule has 0 spiro atoms. The van der Waals surface area contributed by atoms with Crippen molar-refractivity contribution in [2.24, 2.45) is 0 Å². The fraction of sp³-hybridized carbons (Fsp3) is 0.358. The Hall–Kier alpha value is -7.90. The molecule has 0 radical (unpaired) electrons. The zero-order valence-electron chi connectivity index (χ0n) is 40.5.